The van der Waals surface area contributed by atoms with Crippen LogP contribution in [0.25, 0.3) is 0 Å². The van der Waals surface area contributed by atoms with Crippen molar-refractivity contribution in [3.05, 3.63) is 35.9 Å². The lowest BCUT2D eigenvalue weighted by Gasteiger charge is -2.33. The third-order valence-corrected chi connectivity index (χ3v) is 3.83. The first-order valence-electron chi connectivity index (χ1n) is 6.49. The minimum Gasteiger partial charge on any atom is -0.395 e. The molecule has 0 saturated carbocycles. The Labute approximate surface area is 104 Å². The second kappa shape index (κ2) is 6.77. The number of hydrogen-bond donors (Lipinski definition) is 2. The summed E-state index contributed by atoms with van der Waals surface area (Å²) < 4.78 is 0. The van der Waals surface area contributed by atoms with Gasteiger partial charge in [-0.15, -0.1) is 0 Å². The van der Waals surface area contributed by atoms with Gasteiger partial charge in [0.25, 0.3) is 0 Å². The first kappa shape index (κ1) is 14.2. The molecule has 0 fully saturated rings. The highest BCUT2D eigenvalue weighted by atomic mass is 16.3. The lowest BCUT2D eigenvalue weighted by molar-refractivity contribution is 0.0934. The highest BCUT2D eigenvalue weighted by molar-refractivity contribution is 5.25. The Balaban J connectivity index is 2.96. The monoisotopic (exact) mass is 236 g/mol. The zero-order valence-corrected chi connectivity index (χ0v) is 10.9. The van der Waals surface area contributed by atoms with Crippen LogP contribution < -0.4 is 0 Å². The van der Waals surface area contributed by atoms with Gasteiger partial charge in [0.2, 0.25) is 0 Å². The van der Waals surface area contributed by atoms with Crippen molar-refractivity contribution in [2.24, 2.45) is 5.92 Å². The summed E-state index contributed by atoms with van der Waals surface area (Å²) >= 11 is 0. The van der Waals surface area contributed by atoms with Crippen LogP contribution in [0.3, 0.4) is 0 Å². The van der Waals surface area contributed by atoms with E-state index >= 15 is 0 Å². The van der Waals surface area contributed by atoms with Crippen molar-refractivity contribution in [3.63, 3.8) is 0 Å². The van der Waals surface area contributed by atoms with Crippen LogP contribution in [0, 0.1) is 5.92 Å². The summed E-state index contributed by atoms with van der Waals surface area (Å²) in [6, 6.07) is 9.87. The summed E-state index contributed by atoms with van der Waals surface area (Å²) in [4.78, 5) is 0. The molecule has 1 aromatic carbocycles. The van der Waals surface area contributed by atoms with E-state index in [0.29, 0.717) is 5.92 Å². The molecular weight excluding hydrogens is 212 g/mol. The van der Waals surface area contributed by atoms with Crippen LogP contribution in [0.4, 0.5) is 0 Å². The fraction of sp³-hybridized carbons (Fsp3) is 0.600. The molecule has 96 valence electrons. The molecule has 0 amide bonds. The molecule has 0 unspecified atom stereocenters. The second-order valence-electron chi connectivity index (χ2n) is 4.85. The van der Waals surface area contributed by atoms with Gasteiger partial charge in [0.1, 0.15) is 0 Å². The third-order valence-electron chi connectivity index (χ3n) is 3.83. The zero-order valence-electron chi connectivity index (χ0n) is 10.9. The molecule has 0 aliphatic rings. The Hall–Kier alpha value is -0.860. The van der Waals surface area contributed by atoms with Gasteiger partial charge in [0.05, 0.1) is 13.2 Å². The van der Waals surface area contributed by atoms with Gasteiger partial charge in [-0.1, -0.05) is 57.0 Å². The van der Waals surface area contributed by atoms with Crippen LogP contribution in [0.5, 0.6) is 0 Å². The Morgan fingerprint density at radius 1 is 1.00 bits per heavy atom. The summed E-state index contributed by atoms with van der Waals surface area (Å²) in [7, 11) is 0. The quantitative estimate of drug-likeness (QED) is 0.764. The fourth-order valence-corrected chi connectivity index (χ4v) is 2.40. The van der Waals surface area contributed by atoms with Crippen LogP contribution >= 0.6 is 0 Å². The summed E-state index contributed by atoms with van der Waals surface area (Å²) in [5.41, 5.74) is 0.551. The maximum absolute atomic E-state index is 9.71. The summed E-state index contributed by atoms with van der Waals surface area (Å²) in [6.07, 6.45) is 3.02. The molecular formula is C15H24O2. The molecule has 0 atom stereocenters. The van der Waals surface area contributed by atoms with E-state index in [1.54, 1.807) is 0 Å². The maximum Gasteiger partial charge on any atom is 0.0550 e. The largest absolute Gasteiger partial charge is 0.395 e. The molecule has 0 bridgehead atoms. The topological polar surface area (TPSA) is 40.5 Å². The minimum absolute atomic E-state index is 0.00398. The molecule has 0 aromatic heterocycles. The predicted octanol–water partition coefficient (Wildman–Crippen LogP) is 2.74. The van der Waals surface area contributed by atoms with E-state index in [0.717, 1.165) is 24.8 Å². The van der Waals surface area contributed by atoms with Gasteiger partial charge in [0.15, 0.2) is 0 Å². The van der Waals surface area contributed by atoms with Crippen LogP contribution in [0.2, 0.25) is 0 Å². The summed E-state index contributed by atoms with van der Waals surface area (Å²) in [6.45, 7) is 4.34. The lowest BCUT2D eigenvalue weighted by atomic mass is 9.73. The molecule has 1 aromatic rings. The van der Waals surface area contributed by atoms with Gasteiger partial charge in [-0.3, -0.25) is 0 Å². The molecule has 2 N–H and O–H groups in total. The van der Waals surface area contributed by atoms with Gasteiger partial charge >= 0.3 is 0 Å². The number of hydrogen-bond acceptors (Lipinski definition) is 2. The SMILES string of the molecule is CCC(CC)CC(CO)(CO)c1ccccc1. The van der Waals surface area contributed by atoms with E-state index in [1.807, 2.05) is 30.3 Å². The summed E-state index contributed by atoms with van der Waals surface area (Å²) in [5.74, 6) is 0.550. The van der Waals surface area contributed by atoms with Crippen LogP contribution in [0.15, 0.2) is 30.3 Å². The molecule has 17 heavy (non-hydrogen) atoms. The first-order chi connectivity index (χ1) is 8.22. The average Bonchev–Trinajstić information content (AvgIpc) is 2.42. The number of benzene rings is 1. The van der Waals surface area contributed by atoms with Crippen LogP contribution in [-0.4, -0.2) is 23.4 Å². The van der Waals surface area contributed by atoms with Crippen LogP contribution in [0.1, 0.15) is 38.7 Å². The van der Waals surface area contributed by atoms with E-state index in [4.69, 9.17) is 0 Å². The van der Waals surface area contributed by atoms with Crippen molar-refractivity contribution in [2.45, 2.75) is 38.5 Å². The van der Waals surface area contributed by atoms with Crippen molar-refractivity contribution in [2.75, 3.05) is 13.2 Å². The van der Waals surface area contributed by atoms with Crippen molar-refractivity contribution in [1.29, 1.82) is 0 Å². The normalized spacial score (nSPS) is 12.1. The van der Waals surface area contributed by atoms with E-state index in [2.05, 4.69) is 13.8 Å². The number of aliphatic hydroxyl groups excluding tert-OH is 2. The van der Waals surface area contributed by atoms with Crippen molar-refractivity contribution in [1.82, 2.24) is 0 Å². The first-order valence-corrected chi connectivity index (χ1v) is 6.49. The smallest absolute Gasteiger partial charge is 0.0550 e. The van der Waals surface area contributed by atoms with Gasteiger partial charge in [-0.2, -0.15) is 0 Å². The molecule has 0 aliphatic heterocycles. The standard InChI is InChI=1S/C15H24O2/c1-3-13(4-2)10-15(11-16,12-17)14-8-6-5-7-9-14/h5-9,13,16-17H,3-4,10-12H2,1-2H3. The molecule has 0 radical (unpaired) electrons. The van der Waals surface area contributed by atoms with Crippen molar-refractivity contribution in [3.8, 4) is 0 Å². The Morgan fingerprint density at radius 3 is 1.94 bits per heavy atom. The number of rotatable bonds is 7. The van der Waals surface area contributed by atoms with Crippen molar-refractivity contribution < 1.29 is 10.2 Å². The molecule has 0 aliphatic carbocycles. The second-order valence-corrected chi connectivity index (χ2v) is 4.85. The van der Waals surface area contributed by atoms with E-state index in [9.17, 15) is 10.2 Å². The van der Waals surface area contributed by atoms with E-state index in [-0.39, 0.29) is 13.2 Å². The molecule has 1 rings (SSSR count). The highest BCUT2D eigenvalue weighted by Gasteiger charge is 2.32. The number of aliphatic hydroxyl groups is 2. The Morgan fingerprint density at radius 2 is 1.53 bits per heavy atom. The molecule has 2 nitrogen and oxygen atoms in total. The van der Waals surface area contributed by atoms with Gasteiger partial charge in [0, 0.05) is 5.41 Å². The van der Waals surface area contributed by atoms with E-state index < -0.39 is 5.41 Å². The molecule has 0 heterocycles. The Kier molecular flexibility index (Phi) is 5.66. The minimum atomic E-state index is -0.488. The maximum atomic E-state index is 9.71. The molecule has 0 saturated heterocycles. The molecule has 2 heteroatoms. The fourth-order valence-electron chi connectivity index (χ4n) is 2.40. The van der Waals surface area contributed by atoms with Gasteiger partial charge in [-0.25, -0.2) is 0 Å². The average molecular weight is 236 g/mol. The van der Waals surface area contributed by atoms with Gasteiger partial charge in [-0.05, 0) is 17.9 Å². The Bertz CT molecular complexity index is 300. The molecule has 0 spiro atoms. The predicted molar refractivity (Wildman–Crippen MR) is 71.0 cm³/mol. The zero-order chi connectivity index (χ0) is 12.7. The summed E-state index contributed by atoms with van der Waals surface area (Å²) in [5, 5.41) is 19.4. The van der Waals surface area contributed by atoms with E-state index in [1.165, 1.54) is 0 Å². The highest BCUT2D eigenvalue weighted by Crippen LogP contribution is 2.33. The van der Waals surface area contributed by atoms with Crippen LogP contribution in [-0.2, 0) is 5.41 Å². The lowest BCUT2D eigenvalue weighted by Crippen LogP contribution is -2.37. The van der Waals surface area contributed by atoms with Crippen molar-refractivity contribution >= 4 is 0 Å². The third kappa shape index (κ3) is 3.30. The van der Waals surface area contributed by atoms with Gasteiger partial charge < -0.3 is 10.2 Å².